The van der Waals surface area contributed by atoms with E-state index < -0.39 is 14.7 Å². The predicted octanol–water partition coefficient (Wildman–Crippen LogP) is 8.01. The van der Waals surface area contributed by atoms with Gasteiger partial charge >= 0.3 is 42.6 Å². The molecule has 0 spiro atoms. The van der Waals surface area contributed by atoms with Gasteiger partial charge in [0.25, 0.3) is 0 Å². The van der Waals surface area contributed by atoms with Crippen LogP contribution < -0.4 is 10.6 Å². The Kier molecular flexibility index (Phi) is 13.0. The van der Waals surface area contributed by atoms with Crippen molar-refractivity contribution in [1.29, 1.82) is 0 Å². The summed E-state index contributed by atoms with van der Waals surface area (Å²) < 4.78 is 0. The Hall–Kier alpha value is -0.876. The maximum atomic E-state index is 5.12. The largest absolute Gasteiger partial charge is 0.656 e. The van der Waals surface area contributed by atoms with Crippen LogP contribution >= 0.6 is 27.9 Å². The molecular weight excluding hydrogens is 521 g/mol. The predicted molar refractivity (Wildman–Crippen MR) is 143 cm³/mol. The van der Waals surface area contributed by atoms with Gasteiger partial charge in [0.05, 0.1) is 0 Å². The molecule has 1 saturated heterocycles. The van der Waals surface area contributed by atoms with E-state index in [9.17, 15) is 0 Å². The Morgan fingerprint density at radius 3 is 1.50 bits per heavy atom. The van der Waals surface area contributed by atoms with Crippen molar-refractivity contribution in [3.63, 3.8) is 0 Å². The normalized spacial score (nSPS) is 21.8. The quantitative estimate of drug-likeness (QED) is 0.323. The first-order valence-electron chi connectivity index (χ1n) is 11.7. The number of nitrogens with zero attached hydrogens (tertiary/aromatic N) is 1. The van der Waals surface area contributed by atoms with E-state index in [2.05, 4.69) is 102 Å². The first kappa shape index (κ1) is 27.7. The Morgan fingerprint density at radius 1 is 0.588 bits per heavy atom. The van der Waals surface area contributed by atoms with Gasteiger partial charge in [-0.25, -0.2) is 0 Å². The number of rotatable bonds is 3. The van der Waals surface area contributed by atoms with E-state index in [1.807, 2.05) is 0 Å². The van der Waals surface area contributed by atoms with Gasteiger partial charge < -0.3 is 16.0 Å². The van der Waals surface area contributed by atoms with Crippen molar-refractivity contribution in [3.8, 4) is 0 Å². The van der Waals surface area contributed by atoms with Gasteiger partial charge in [-0.15, -0.1) is 12.6 Å². The van der Waals surface area contributed by atoms with Crippen molar-refractivity contribution < 1.29 is 14.7 Å². The number of hydrogen-bond acceptors (Lipinski definition) is 2. The molecule has 1 aliphatic rings. The van der Waals surface area contributed by atoms with Gasteiger partial charge in [-0.3, -0.25) is 0 Å². The van der Waals surface area contributed by atoms with Crippen molar-refractivity contribution in [3.05, 3.63) is 113 Å². The van der Waals surface area contributed by atoms with Crippen LogP contribution in [0.3, 0.4) is 0 Å². The molecule has 1 fully saturated rings. The van der Waals surface area contributed by atoms with Gasteiger partial charge in [0.2, 0.25) is 0 Å². The molecule has 0 amide bonds. The van der Waals surface area contributed by atoms with Crippen LogP contribution in [0.5, 0.6) is 0 Å². The molecule has 34 heavy (non-hydrogen) atoms. The summed E-state index contributed by atoms with van der Waals surface area (Å²) >= 11 is -1.92. The second-order valence-electron chi connectivity index (χ2n) is 8.25. The van der Waals surface area contributed by atoms with E-state index in [4.69, 9.17) is 33.2 Å². The smallest absolute Gasteiger partial charge is 0.0332 e. The van der Waals surface area contributed by atoms with E-state index in [1.54, 1.807) is 0 Å². The SMILES string of the molecule is [Cl][Ti+]([Cl])[Cl].c1ccc(C2CCNC(c3ccccc3)CCNC(c3ccccc3)CC[N-]2)cc1. The number of hydrogen-bond donors (Lipinski definition) is 2. The maximum Gasteiger partial charge on any atom is 0.0332 e. The minimum Gasteiger partial charge on any atom is -0.656 e. The van der Waals surface area contributed by atoms with Gasteiger partial charge in [0.1, 0.15) is 0 Å². The van der Waals surface area contributed by atoms with Crippen LogP contribution in [0, 0.1) is 0 Å². The van der Waals surface area contributed by atoms with Crippen molar-refractivity contribution in [2.24, 2.45) is 0 Å². The van der Waals surface area contributed by atoms with Gasteiger partial charge in [0.15, 0.2) is 0 Å². The monoisotopic (exact) mass is 551 g/mol. The molecule has 180 valence electrons. The third kappa shape index (κ3) is 10.0. The summed E-state index contributed by atoms with van der Waals surface area (Å²) in [5, 5.41) is 12.7. The van der Waals surface area contributed by atoms with Crippen LogP contribution in [-0.4, -0.2) is 19.6 Å². The van der Waals surface area contributed by atoms with Crippen molar-refractivity contribution >= 4 is 27.9 Å². The van der Waals surface area contributed by atoms with Crippen LogP contribution in [0.15, 0.2) is 91.0 Å². The zero-order valence-electron chi connectivity index (χ0n) is 19.2. The molecule has 0 aromatic heterocycles. The molecule has 3 nitrogen and oxygen atoms in total. The zero-order chi connectivity index (χ0) is 24.0. The summed E-state index contributed by atoms with van der Waals surface area (Å²) in [5.41, 5.74) is 4.03. The van der Waals surface area contributed by atoms with Gasteiger partial charge in [0, 0.05) is 12.1 Å². The van der Waals surface area contributed by atoms with Crippen LogP contribution in [0.25, 0.3) is 5.32 Å². The number of nitrogens with one attached hydrogen (secondary N) is 2. The summed E-state index contributed by atoms with van der Waals surface area (Å²) in [4.78, 5) is 0. The first-order chi connectivity index (χ1) is 16.6. The zero-order valence-corrected chi connectivity index (χ0v) is 23.0. The minimum absolute atomic E-state index is 0.242. The molecule has 4 rings (SSSR count). The van der Waals surface area contributed by atoms with Gasteiger partial charge in [-0.1, -0.05) is 109 Å². The second-order valence-corrected chi connectivity index (χ2v) is 16.0. The average molecular weight is 553 g/mol. The summed E-state index contributed by atoms with van der Waals surface area (Å²) in [5.74, 6) is 0. The number of halogens is 3. The second kappa shape index (κ2) is 16.0. The molecular formula is C27H32Cl3N3Ti. The van der Waals surface area contributed by atoms with Crippen LogP contribution in [0.4, 0.5) is 0 Å². The maximum absolute atomic E-state index is 5.12. The van der Waals surface area contributed by atoms with Crippen molar-refractivity contribution in [2.45, 2.75) is 37.4 Å². The summed E-state index contributed by atoms with van der Waals surface area (Å²) in [6, 6.07) is 33.3. The standard InChI is InChI=1S/C27H32N3.3ClH.Ti/c1-4-10-22(11-5-1)25-16-19-29-27(24-14-8-3-9-15-24)18-21-30-26(17-20-28-25)23-12-6-2-7-13-23;;;;/h1-15,25-29H,16-21H2;3*1H;/q-1;;;;+4/p-3. The molecule has 0 bridgehead atoms. The Bertz CT molecular complexity index is 784. The van der Waals surface area contributed by atoms with Gasteiger partial charge in [-0.05, 0) is 30.6 Å². The van der Waals surface area contributed by atoms with Crippen molar-refractivity contribution in [1.82, 2.24) is 10.6 Å². The summed E-state index contributed by atoms with van der Waals surface area (Å²) in [6.07, 6.45) is 3.12. The van der Waals surface area contributed by atoms with E-state index in [1.165, 1.54) is 16.7 Å². The molecule has 0 aliphatic carbocycles. The third-order valence-electron chi connectivity index (χ3n) is 5.99. The molecule has 1 heterocycles. The van der Waals surface area contributed by atoms with E-state index in [-0.39, 0.29) is 6.04 Å². The van der Waals surface area contributed by atoms with Crippen molar-refractivity contribution in [2.75, 3.05) is 19.6 Å². The molecule has 0 saturated carbocycles. The molecule has 3 atom stereocenters. The summed E-state index contributed by atoms with van der Waals surface area (Å²) in [7, 11) is 14.9. The molecule has 2 N–H and O–H groups in total. The van der Waals surface area contributed by atoms with Crippen LogP contribution in [-0.2, 0) is 14.7 Å². The fourth-order valence-electron chi connectivity index (χ4n) is 4.34. The average Bonchev–Trinajstić information content (AvgIpc) is 2.86. The summed E-state index contributed by atoms with van der Waals surface area (Å²) in [6.45, 7) is 2.81. The number of benzene rings is 3. The Labute approximate surface area is 222 Å². The van der Waals surface area contributed by atoms with E-state index >= 15 is 0 Å². The molecule has 1 aliphatic heterocycles. The topological polar surface area (TPSA) is 38.2 Å². The third-order valence-corrected chi connectivity index (χ3v) is 5.99. The van der Waals surface area contributed by atoms with Crippen LogP contribution in [0.1, 0.15) is 54.1 Å². The molecule has 0 radical (unpaired) electrons. The van der Waals surface area contributed by atoms with E-state index in [0.717, 1.165) is 38.9 Å². The van der Waals surface area contributed by atoms with Gasteiger partial charge in [-0.2, -0.15) is 0 Å². The minimum atomic E-state index is -1.92. The molecule has 3 aromatic rings. The molecule has 3 unspecified atom stereocenters. The first-order valence-corrected chi connectivity index (χ1v) is 18.2. The molecule has 3 aromatic carbocycles. The molecule has 7 heteroatoms. The fraction of sp³-hybridized carbons (Fsp3) is 0.333. The van der Waals surface area contributed by atoms with E-state index in [0.29, 0.717) is 12.1 Å². The fourth-order valence-corrected chi connectivity index (χ4v) is 4.34. The Balaban J connectivity index is 0.000000751. The Morgan fingerprint density at radius 2 is 1.00 bits per heavy atom. The van der Waals surface area contributed by atoms with Crippen LogP contribution in [0.2, 0.25) is 0 Å².